The molecule has 0 radical (unpaired) electrons. The minimum Gasteiger partial charge on any atom is -0.596 e. The molecule has 112 valence electrons. The average molecular weight is 303 g/mol. The molecule has 1 N–H and O–H groups in total. The summed E-state index contributed by atoms with van der Waals surface area (Å²) in [6, 6.07) is 0. The maximum absolute atomic E-state index is 12.7. The van der Waals surface area contributed by atoms with Crippen LogP contribution in [0.5, 0.6) is 0 Å². The second-order valence-corrected chi connectivity index (χ2v) is 7.53. The smallest absolute Gasteiger partial charge is 0.596 e. The van der Waals surface area contributed by atoms with Gasteiger partial charge in [0.15, 0.2) is 11.1 Å². The van der Waals surface area contributed by atoms with Gasteiger partial charge in [0.1, 0.15) is 0 Å². The first-order valence-electron chi connectivity index (χ1n) is 6.67. The molecule has 0 saturated carbocycles. The van der Waals surface area contributed by atoms with Gasteiger partial charge in [-0.25, -0.2) is 0 Å². The second kappa shape index (κ2) is 6.23. The molecule has 0 unspecified atom stereocenters. The summed E-state index contributed by atoms with van der Waals surface area (Å²) in [5.74, 6) is -0.0474. The Kier molecular flexibility index (Phi) is 6.03. The number of rotatable bonds is 1. The van der Waals surface area contributed by atoms with Gasteiger partial charge < -0.3 is 10.4 Å². The van der Waals surface area contributed by atoms with Crippen molar-refractivity contribution in [2.75, 3.05) is 0 Å². The first-order valence-corrected chi connectivity index (χ1v) is 6.67. The van der Waals surface area contributed by atoms with Crippen molar-refractivity contribution in [3.8, 4) is 0 Å². The van der Waals surface area contributed by atoms with Crippen LogP contribution >= 0.6 is 0 Å². The molecule has 0 aliphatic heterocycles. The SMILES string of the molecule is CC(C)(C)C1=CC(C)([N+]([O-])=NO)C=C(C(C)(C)C)C1=O.[Na+]. The maximum atomic E-state index is 12.7. The van der Waals surface area contributed by atoms with Crippen LogP contribution in [0.15, 0.2) is 28.6 Å². The van der Waals surface area contributed by atoms with Crippen molar-refractivity contribution >= 4 is 5.78 Å². The van der Waals surface area contributed by atoms with Gasteiger partial charge in [-0.05, 0) is 15.7 Å². The first-order chi connectivity index (χ1) is 8.83. The molecule has 0 aromatic rings. The molecule has 0 bridgehead atoms. The molecule has 0 aromatic carbocycles. The van der Waals surface area contributed by atoms with E-state index in [1.54, 1.807) is 19.1 Å². The van der Waals surface area contributed by atoms with Crippen molar-refractivity contribution in [2.24, 2.45) is 16.1 Å². The molecule has 0 atom stereocenters. The second-order valence-electron chi connectivity index (χ2n) is 7.53. The van der Waals surface area contributed by atoms with Crippen LogP contribution < -0.4 is 29.6 Å². The van der Waals surface area contributed by atoms with Crippen molar-refractivity contribution in [3.63, 3.8) is 0 Å². The van der Waals surface area contributed by atoms with E-state index in [0.29, 0.717) is 11.1 Å². The third-order valence-electron chi connectivity index (χ3n) is 3.47. The minimum absolute atomic E-state index is 0. The van der Waals surface area contributed by atoms with Gasteiger partial charge in [0.25, 0.3) is 0 Å². The number of hydrogen-bond donors (Lipinski definition) is 1. The zero-order chi connectivity index (χ0) is 15.9. The van der Waals surface area contributed by atoms with Crippen molar-refractivity contribution in [3.05, 3.63) is 28.5 Å². The molecule has 0 amide bonds. The van der Waals surface area contributed by atoms with E-state index < -0.39 is 5.54 Å². The molecule has 6 heteroatoms. The molecule has 1 rings (SSSR count). The summed E-state index contributed by atoms with van der Waals surface area (Å²) in [6.07, 6.45) is 3.19. The van der Waals surface area contributed by atoms with E-state index in [4.69, 9.17) is 5.21 Å². The van der Waals surface area contributed by atoms with Crippen LogP contribution in [0.25, 0.3) is 0 Å². The molecule has 5 nitrogen and oxygen atoms in total. The Morgan fingerprint density at radius 3 is 1.67 bits per heavy atom. The number of hydrogen-bond acceptors (Lipinski definition) is 3. The van der Waals surface area contributed by atoms with E-state index >= 15 is 0 Å². The van der Waals surface area contributed by atoms with E-state index in [1.165, 1.54) is 0 Å². The Bertz CT molecular complexity index is 486. The largest absolute Gasteiger partial charge is 1.00 e. The predicted molar refractivity (Wildman–Crippen MR) is 76.3 cm³/mol. The summed E-state index contributed by atoms with van der Waals surface area (Å²) in [4.78, 5) is 12.9. The molecule has 0 spiro atoms. The van der Waals surface area contributed by atoms with Gasteiger partial charge in [0, 0.05) is 30.2 Å². The van der Waals surface area contributed by atoms with E-state index in [1.807, 2.05) is 41.5 Å². The van der Waals surface area contributed by atoms with Crippen LogP contribution in [0.3, 0.4) is 0 Å². The van der Waals surface area contributed by atoms with Crippen LogP contribution in [0, 0.1) is 16.0 Å². The van der Waals surface area contributed by atoms with Crippen LogP contribution in [-0.2, 0) is 4.79 Å². The third kappa shape index (κ3) is 4.18. The fraction of sp³-hybridized carbons (Fsp3) is 0.667. The zero-order valence-electron chi connectivity index (χ0n) is 14.3. The Morgan fingerprint density at radius 2 is 1.43 bits per heavy atom. The molecule has 0 aromatic heterocycles. The van der Waals surface area contributed by atoms with Crippen molar-refractivity contribution in [2.45, 2.75) is 54.0 Å². The maximum Gasteiger partial charge on any atom is 1.00 e. The molecule has 0 saturated heterocycles. The fourth-order valence-electron chi connectivity index (χ4n) is 2.22. The Labute approximate surface area is 148 Å². The Hall–Kier alpha value is -0.650. The number of hydroxylamine groups is 1. The molecule has 1 aliphatic carbocycles. The molecule has 21 heavy (non-hydrogen) atoms. The molecular weight excluding hydrogens is 279 g/mol. The van der Waals surface area contributed by atoms with Crippen LogP contribution in [0.1, 0.15) is 48.5 Å². The molecule has 0 heterocycles. The van der Waals surface area contributed by atoms with Crippen LogP contribution in [0.4, 0.5) is 0 Å². The Balaban J connectivity index is 0.00000400. The number of Topliss-reactive ketones (excluding diaryl/α,β-unsaturated/α-hetero) is 1. The molecule has 0 fully saturated rings. The number of allylic oxidation sites excluding steroid dienone is 2. The summed E-state index contributed by atoms with van der Waals surface area (Å²) in [5.41, 5.74) is -0.805. The number of carbonyl (C=O) groups is 1. The van der Waals surface area contributed by atoms with Gasteiger partial charge in [-0.2, -0.15) is 0 Å². The zero-order valence-corrected chi connectivity index (χ0v) is 16.3. The van der Waals surface area contributed by atoms with Crippen molar-refractivity contribution < 1.29 is 44.4 Å². The summed E-state index contributed by atoms with van der Waals surface area (Å²) in [6.45, 7) is 13.2. The van der Waals surface area contributed by atoms with Crippen molar-refractivity contribution in [1.82, 2.24) is 0 Å². The predicted octanol–water partition coefficient (Wildman–Crippen LogP) is 0.629. The monoisotopic (exact) mass is 303 g/mol. The first kappa shape index (κ1) is 20.3. The molecular formula is C15H24N2NaO3+. The van der Waals surface area contributed by atoms with E-state index in [9.17, 15) is 10.0 Å². The van der Waals surface area contributed by atoms with Gasteiger partial charge in [-0.3, -0.25) is 4.79 Å². The number of nitrogens with zero attached hydrogens (tertiary/aromatic N) is 2. The van der Waals surface area contributed by atoms with Gasteiger partial charge >= 0.3 is 29.6 Å². The van der Waals surface area contributed by atoms with Crippen LogP contribution in [-0.4, -0.2) is 21.4 Å². The third-order valence-corrected chi connectivity index (χ3v) is 3.47. The average Bonchev–Trinajstić information content (AvgIpc) is 2.28. The van der Waals surface area contributed by atoms with Gasteiger partial charge in [0.2, 0.25) is 5.54 Å². The van der Waals surface area contributed by atoms with Gasteiger partial charge in [-0.15, -0.1) is 0 Å². The molecule has 1 aliphatic rings. The van der Waals surface area contributed by atoms with Gasteiger partial charge in [0.05, 0.1) is 0 Å². The fourth-order valence-corrected chi connectivity index (χ4v) is 2.22. The quantitative estimate of drug-likeness (QED) is 0.334. The number of ketones is 1. The van der Waals surface area contributed by atoms with Crippen LogP contribution in [0.2, 0.25) is 0 Å². The van der Waals surface area contributed by atoms with E-state index in [-0.39, 0.29) is 51.0 Å². The summed E-state index contributed by atoms with van der Waals surface area (Å²) in [5, 5.41) is 23.4. The summed E-state index contributed by atoms with van der Waals surface area (Å²) in [7, 11) is 0. The summed E-state index contributed by atoms with van der Waals surface area (Å²) < 4.78 is 0. The van der Waals surface area contributed by atoms with E-state index in [2.05, 4.69) is 5.28 Å². The standard InChI is InChI=1S/C15H24N2O3.Na/c1-13(2,3)10-8-15(7,17(20)16-19)9-11(12(10)18)14(4,5)6;/h8-9,19H,1-7H3;/q;+1. The topological polar surface area (TPSA) is 75.7 Å². The van der Waals surface area contributed by atoms with E-state index in [0.717, 1.165) is 0 Å². The normalized spacial score (nSPS) is 19.6. The summed E-state index contributed by atoms with van der Waals surface area (Å²) >= 11 is 0. The number of carbonyl (C=O) groups excluding carboxylic acids is 1. The van der Waals surface area contributed by atoms with Crippen molar-refractivity contribution in [1.29, 1.82) is 0 Å². The minimum atomic E-state index is -1.16. The van der Waals surface area contributed by atoms with Gasteiger partial charge in [-0.1, -0.05) is 41.5 Å². The Morgan fingerprint density at radius 1 is 1.10 bits per heavy atom.